The molecule has 0 aromatic carbocycles. The summed E-state index contributed by atoms with van der Waals surface area (Å²) in [5.74, 6) is 0.180. The second-order valence-corrected chi connectivity index (χ2v) is 4.74. The molecule has 1 aliphatic rings. The second-order valence-electron chi connectivity index (χ2n) is 4.74. The number of nitrogens with zero attached hydrogens (tertiary/aromatic N) is 3. The fourth-order valence-corrected chi connectivity index (χ4v) is 2.35. The van der Waals surface area contributed by atoms with Crippen LogP contribution in [0.4, 0.5) is 11.6 Å². The number of anilines is 1. The van der Waals surface area contributed by atoms with Crippen molar-refractivity contribution < 1.29 is 10.0 Å². The van der Waals surface area contributed by atoms with Gasteiger partial charge in [0.25, 0.3) is 0 Å². The molecular weight excluding hydrogens is 236 g/mol. The number of hydrogen-bond donors (Lipinski definition) is 2. The number of hydrogen-bond acceptors (Lipinski definition) is 5. The molecule has 1 saturated carbocycles. The standard InChI is InChI=1S/C11H18N4O3/c1-14-7-12-10(15(17)18)11(14)13-8-5-3-2-4-6-9(8)16/h7-9,13,16H,2-6H2,1H3. The van der Waals surface area contributed by atoms with Crippen molar-refractivity contribution in [2.75, 3.05) is 5.32 Å². The van der Waals surface area contributed by atoms with Gasteiger partial charge in [0.2, 0.25) is 12.1 Å². The smallest absolute Gasteiger partial charge is 0.391 e. The van der Waals surface area contributed by atoms with E-state index < -0.39 is 11.0 Å². The summed E-state index contributed by atoms with van der Waals surface area (Å²) in [6, 6.07) is -0.137. The Balaban J connectivity index is 2.17. The highest BCUT2D eigenvalue weighted by Gasteiger charge is 2.27. The van der Waals surface area contributed by atoms with Gasteiger partial charge in [0.1, 0.15) is 0 Å². The molecule has 0 bridgehead atoms. The van der Waals surface area contributed by atoms with Crippen LogP contribution in [-0.2, 0) is 7.05 Å². The highest BCUT2D eigenvalue weighted by atomic mass is 16.6. The van der Waals surface area contributed by atoms with E-state index in [1.165, 1.54) is 6.33 Å². The molecule has 2 unspecified atom stereocenters. The van der Waals surface area contributed by atoms with Crippen molar-refractivity contribution in [1.82, 2.24) is 9.55 Å². The summed E-state index contributed by atoms with van der Waals surface area (Å²) in [6.45, 7) is 0. The Hall–Kier alpha value is -1.63. The highest BCUT2D eigenvalue weighted by Crippen LogP contribution is 2.26. The molecule has 1 heterocycles. The van der Waals surface area contributed by atoms with E-state index in [4.69, 9.17) is 0 Å². The third-order valence-electron chi connectivity index (χ3n) is 3.39. The van der Waals surface area contributed by atoms with E-state index in [2.05, 4.69) is 10.3 Å². The first-order valence-corrected chi connectivity index (χ1v) is 6.20. The second kappa shape index (κ2) is 5.34. The third kappa shape index (κ3) is 2.61. The fraction of sp³-hybridized carbons (Fsp3) is 0.727. The zero-order valence-corrected chi connectivity index (χ0v) is 10.4. The maximum Gasteiger partial charge on any atom is 0.406 e. The van der Waals surface area contributed by atoms with E-state index in [-0.39, 0.29) is 11.9 Å². The molecule has 2 rings (SSSR count). The van der Waals surface area contributed by atoms with Gasteiger partial charge in [-0.1, -0.05) is 19.3 Å². The van der Waals surface area contributed by atoms with Crippen molar-refractivity contribution in [1.29, 1.82) is 0 Å². The quantitative estimate of drug-likeness (QED) is 0.483. The van der Waals surface area contributed by atoms with Gasteiger partial charge >= 0.3 is 5.82 Å². The van der Waals surface area contributed by atoms with Crippen molar-refractivity contribution in [3.63, 3.8) is 0 Å². The molecule has 1 aliphatic carbocycles. The van der Waals surface area contributed by atoms with Crippen molar-refractivity contribution in [2.24, 2.45) is 7.05 Å². The number of imidazole rings is 1. The Kier molecular flexibility index (Phi) is 3.81. The summed E-state index contributed by atoms with van der Waals surface area (Å²) in [7, 11) is 1.70. The highest BCUT2D eigenvalue weighted by molar-refractivity contribution is 5.52. The predicted molar refractivity (Wildman–Crippen MR) is 66.4 cm³/mol. The Labute approximate surface area is 105 Å². The van der Waals surface area contributed by atoms with Crippen LogP contribution in [0.15, 0.2) is 6.33 Å². The molecule has 100 valence electrons. The summed E-state index contributed by atoms with van der Waals surface area (Å²) in [4.78, 5) is 14.1. The molecule has 0 saturated heterocycles. The van der Waals surface area contributed by atoms with Crippen LogP contribution in [0, 0.1) is 10.1 Å². The van der Waals surface area contributed by atoms with Crippen LogP contribution in [0.2, 0.25) is 0 Å². The van der Waals surface area contributed by atoms with Gasteiger partial charge in [0, 0.05) is 7.05 Å². The van der Waals surface area contributed by atoms with Gasteiger partial charge in [0.05, 0.1) is 12.1 Å². The van der Waals surface area contributed by atoms with Gasteiger partial charge in [-0.2, -0.15) is 0 Å². The Bertz CT molecular complexity index is 432. The first-order valence-electron chi connectivity index (χ1n) is 6.20. The van der Waals surface area contributed by atoms with Crippen LogP contribution >= 0.6 is 0 Å². The van der Waals surface area contributed by atoms with Gasteiger partial charge < -0.3 is 20.5 Å². The average molecular weight is 254 g/mol. The molecule has 2 atom stereocenters. The number of nitrogens with one attached hydrogen (secondary N) is 1. The maximum atomic E-state index is 10.9. The van der Waals surface area contributed by atoms with Crippen LogP contribution in [0.25, 0.3) is 0 Å². The number of aryl methyl sites for hydroxylation is 1. The van der Waals surface area contributed by atoms with E-state index in [9.17, 15) is 15.2 Å². The van der Waals surface area contributed by atoms with E-state index in [0.717, 1.165) is 32.1 Å². The number of nitro groups is 1. The molecule has 0 radical (unpaired) electrons. The zero-order chi connectivity index (χ0) is 13.1. The largest absolute Gasteiger partial charge is 0.406 e. The van der Waals surface area contributed by atoms with Crippen LogP contribution in [0.5, 0.6) is 0 Å². The lowest BCUT2D eigenvalue weighted by atomic mass is 10.1. The number of aliphatic hydroxyl groups excluding tert-OH is 1. The minimum absolute atomic E-state index is 0.137. The van der Waals surface area contributed by atoms with Gasteiger partial charge in [-0.05, 0) is 22.7 Å². The topological polar surface area (TPSA) is 93.2 Å². The van der Waals surface area contributed by atoms with Gasteiger partial charge in [-0.15, -0.1) is 0 Å². The molecule has 0 spiro atoms. The molecule has 18 heavy (non-hydrogen) atoms. The van der Waals surface area contributed by atoms with Gasteiger partial charge in [-0.25, -0.2) is 0 Å². The first kappa shape index (κ1) is 12.8. The molecule has 1 fully saturated rings. The zero-order valence-electron chi connectivity index (χ0n) is 10.4. The first-order chi connectivity index (χ1) is 8.59. The van der Waals surface area contributed by atoms with E-state index in [1.807, 2.05) is 0 Å². The number of aromatic nitrogens is 2. The van der Waals surface area contributed by atoms with E-state index in [1.54, 1.807) is 11.6 Å². The lowest BCUT2D eigenvalue weighted by Crippen LogP contribution is -2.33. The SMILES string of the molecule is Cn1cnc([N+](=O)[O-])c1NC1CCCCCC1O. The number of rotatable bonds is 3. The maximum absolute atomic E-state index is 10.9. The monoisotopic (exact) mass is 254 g/mol. The lowest BCUT2D eigenvalue weighted by molar-refractivity contribution is -0.388. The minimum atomic E-state index is -0.509. The summed E-state index contributed by atoms with van der Waals surface area (Å²) in [6.07, 6.45) is 5.65. The molecule has 0 aliphatic heterocycles. The Morgan fingerprint density at radius 1 is 1.50 bits per heavy atom. The van der Waals surface area contributed by atoms with Crippen LogP contribution < -0.4 is 5.32 Å². The average Bonchev–Trinajstić information content (AvgIpc) is 2.55. The summed E-state index contributed by atoms with van der Waals surface area (Å²) in [5.41, 5.74) is 0. The minimum Gasteiger partial charge on any atom is -0.391 e. The predicted octanol–water partition coefficient (Wildman–Crippen LogP) is 1.43. The van der Waals surface area contributed by atoms with E-state index in [0.29, 0.717) is 5.82 Å². The lowest BCUT2D eigenvalue weighted by Gasteiger charge is -2.22. The number of aliphatic hydroxyl groups is 1. The van der Waals surface area contributed by atoms with Crippen molar-refractivity contribution in [3.05, 3.63) is 16.4 Å². The third-order valence-corrected chi connectivity index (χ3v) is 3.39. The fourth-order valence-electron chi connectivity index (χ4n) is 2.35. The Morgan fingerprint density at radius 2 is 2.22 bits per heavy atom. The van der Waals surface area contributed by atoms with Crippen molar-refractivity contribution >= 4 is 11.6 Å². The molecule has 0 amide bonds. The Morgan fingerprint density at radius 3 is 2.94 bits per heavy atom. The molecule has 1 aromatic heterocycles. The van der Waals surface area contributed by atoms with Crippen LogP contribution in [0.1, 0.15) is 32.1 Å². The summed E-state index contributed by atoms with van der Waals surface area (Å²) in [5, 5.41) is 23.9. The van der Waals surface area contributed by atoms with Crippen LogP contribution in [0.3, 0.4) is 0 Å². The molecule has 7 nitrogen and oxygen atoms in total. The summed E-state index contributed by atoms with van der Waals surface area (Å²) < 4.78 is 1.58. The van der Waals surface area contributed by atoms with Crippen molar-refractivity contribution in [2.45, 2.75) is 44.2 Å². The van der Waals surface area contributed by atoms with Crippen molar-refractivity contribution in [3.8, 4) is 0 Å². The molecule has 1 aromatic rings. The van der Waals surface area contributed by atoms with Gasteiger partial charge in [-0.3, -0.25) is 4.57 Å². The van der Waals surface area contributed by atoms with Gasteiger partial charge in [0.15, 0.2) is 0 Å². The van der Waals surface area contributed by atoms with E-state index >= 15 is 0 Å². The summed E-state index contributed by atoms with van der Waals surface area (Å²) >= 11 is 0. The normalized spacial score (nSPS) is 24.6. The van der Waals surface area contributed by atoms with Crippen LogP contribution in [-0.4, -0.2) is 31.7 Å². The molecular formula is C11H18N4O3. The molecule has 2 N–H and O–H groups in total. The molecule has 7 heteroatoms.